The molecule has 0 unspecified atom stereocenters. The lowest BCUT2D eigenvalue weighted by Gasteiger charge is -2.17. The lowest BCUT2D eigenvalue weighted by molar-refractivity contribution is 0.0930. The predicted octanol–water partition coefficient (Wildman–Crippen LogP) is 3.22. The molecule has 1 rings (SSSR count). The third-order valence-electron chi connectivity index (χ3n) is 2.48. The number of carbonyl (C=O) groups excluding carboxylic acids is 1. The molecule has 0 aliphatic heterocycles. The molecule has 1 aromatic carbocycles. The summed E-state index contributed by atoms with van der Waals surface area (Å²) in [6.45, 7) is 6.19. The van der Waals surface area contributed by atoms with Crippen molar-refractivity contribution in [2.45, 2.75) is 26.8 Å². The standard InChI is InChI=1S/C12H16BrNO/c1-8(2)9(3)14-12(15)10-6-4-5-7-11(10)13/h4-9H,1-3H3,(H,14,15)/t9-/m0/s1. The van der Waals surface area contributed by atoms with Crippen molar-refractivity contribution in [1.29, 1.82) is 0 Å². The summed E-state index contributed by atoms with van der Waals surface area (Å²) >= 11 is 3.36. The number of nitrogens with one attached hydrogen (secondary N) is 1. The van der Waals surface area contributed by atoms with E-state index in [2.05, 4.69) is 35.1 Å². The van der Waals surface area contributed by atoms with E-state index < -0.39 is 0 Å². The van der Waals surface area contributed by atoms with Gasteiger partial charge in [-0.3, -0.25) is 4.79 Å². The van der Waals surface area contributed by atoms with Gasteiger partial charge in [0.05, 0.1) is 5.56 Å². The Morgan fingerprint density at radius 2 is 1.87 bits per heavy atom. The molecule has 0 aliphatic rings. The topological polar surface area (TPSA) is 29.1 Å². The van der Waals surface area contributed by atoms with E-state index in [1.54, 1.807) is 0 Å². The van der Waals surface area contributed by atoms with Crippen molar-refractivity contribution >= 4 is 21.8 Å². The molecule has 3 heteroatoms. The van der Waals surface area contributed by atoms with E-state index in [1.165, 1.54) is 0 Å². The van der Waals surface area contributed by atoms with Crippen LogP contribution in [-0.2, 0) is 0 Å². The first-order valence-corrected chi connectivity index (χ1v) is 5.87. The fourth-order valence-corrected chi connectivity index (χ4v) is 1.56. The Balaban J connectivity index is 2.74. The Bertz CT molecular complexity index is 349. The van der Waals surface area contributed by atoms with E-state index in [4.69, 9.17) is 0 Å². The average Bonchev–Trinajstić information content (AvgIpc) is 2.18. The second-order valence-electron chi connectivity index (χ2n) is 3.99. The van der Waals surface area contributed by atoms with Crippen LogP contribution in [0.1, 0.15) is 31.1 Å². The minimum atomic E-state index is -0.0244. The zero-order chi connectivity index (χ0) is 11.4. The maximum absolute atomic E-state index is 11.8. The number of benzene rings is 1. The van der Waals surface area contributed by atoms with Crippen molar-refractivity contribution in [3.63, 3.8) is 0 Å². The van der Waals surface area contributed by atoms with Crippen LogP contribution in [0.5, 0.6) is 0 Å². The average molecular weight is 270 g/mol. The van der Waals surface area contributed by atoms with Gasteiger partial charge in [0, 0.05) is 10.5 Å². The number of halogens is 1. The molecule has 1 atom stereocenters. The van der Waals surface area contributed by atoms with Gasteiger partial charge in [-0.1, -0.05) is 26.0 Å². The van der Waals surface area contributed by atoms with Crippen LogP contribution in [0.25, 0.3) is 0 Å². The van der Waals surface area contributed by atoms with Gasteiger partial charge in [0.25, 0.3) is 5.91 Å². The molecular formula is C12H16BrNO. The monoisotopic (exact) mass is 269 g/mol. The molecule has 0 bridgehead atoms. The van der Waals surface area contributed by atoms with Crippen molar-refractivity contribution in [3.8, 4) is 0 Å². The summed E-state index contributed by atoms with van der Waals surface area (Å²) in [5.74, 6) is 0.417. The van der Waals surface area contributed by atoms with Crippen molar-refractivity contribution in [1.82, 2.24) is 5.32 Å². The van der Waals surface area contributed by atoms with Crippen LogP contribution < -0.4 is 5.32 Å². The first-order chi connectivity index (χ1) is 7.02. The number of hydrogen-bond donors (Lipinski definition) is 1. The van der Waals surface area contributed by atoms with Crippen LogP contribution in [-0.4, -0.2) is 11.9 Å². The molecule has 2 nitrogen and oxygen atoms in total. The highest BCUT2D eigenvalue weighted by molar-refractivity contribution is 9.10. The van der Waals surface area contributed by atoms with Crippen molar-refractivity contribution < 1.29 is 4.79 Å². The van der Waals surface area contributed by atoms with Crippen LogP contribution >= 0.6 is 15.9 Å². The zero-order valence-corrected chi connectivity index (χ0v) is 10.8. The molecule has 0 saturated heterocycles. The minimum Gasteiger partial charge on any atom is -0.349 e. The largest absolute Gasteiger partial charge is 0.349 e. The fourth-order valence-electron chi connectivity index (χ4n) is 1.10. The Labute approximate surface area is 99.2 Å². The van der Waals surface area contributed by atoms with Crippen LogP contribution in [0, 0.1) is 5.92 Å². The van der Waals surface area contributed by atoms with E-state index in [1.807, 2.05) is 31.2 Å². The predicted molar refractivity (Wildman–Crippen MR) is 65.9 cm³/mol. The van der Waals surface area contributed by atoms with E-state index >= 15 is 0 Å². The third kappa shape index (κ3) is 3.34. The molecule has 0 saturated carbocycles. The van der Waals surface area contributed by atoms with Gasteiger partial charge in [0.2, 0.25) is 0 Å². The lowest BCUT2D eigenvalue weighted by atomic mass is 10.1. The molecule has 0 aromatic heterocycles. The number of amides is 1. The summed E-state index contributed by atoms with van der Waals surface area (Å²) in [6.07, 6.45) is 0. The first kappa shape index (κ1) is 12.2. The van der Waals surface area contributed by atoms with E-state index in [0.29, 0.717) is 11.5 Å². The Morgan fingerprint density at radius 1 is 1.27 bits per heavy atom. The Kier molecular flexibility index (Phi) is 4.33. The molecule has 0 radical (unpaired) electrons. The normalized spacial score (nSPS) is 12.6. The molecule has 0 aliphatic carbocycles. The van der Waals surface area contributed by atoms with Crippen molar-refractivity contribution in [2.24, 2.45) is 5.92 Å². The quantitative estimate of drug-likeness (QED) is 0.897. The van der Waals surface area contributed by atoms with Gasteiger partial charge in [-0.05, 0) is 40.9 Å². The van der Waals surface area contributed by atoms with Gasteiger partial charge in [0.15, 0.2) is 0 Å². The molecule has 0 fully saturated rings. The van der Waals surface area contributed by atoms with Gasteiger partial charge in [-0.15, -0.1) is 0 Å². The van der Waals surface area contributed by atoms with Gasteiger partial charge in [-0.25, -0.2) is 0 Å². The van der Waals surface area contributed by atoms with Crippen LogP contribution in [0.2, 0.25) is 0 Å². The summed E-state index contributed by atoms with van der Waals surface area (Å²) in [4.78, 5) is 11.8. The summed E-state index contributed by atoms with van der Waals surface area (Å²) in [5, 5.41) is 2.97. The summed E-state index contributed by atoms with van der Waals surface area (Å²) in [7, 11) is 0. The second-order valence-corrected chi connectivity index (χ2v) is 4.84. The van der Waals surface area contributed by atoms with Gasteiger partial charge in [-0.2, -0.15) is 0 Å². The van der Waals surface area contributed by atoms with Crippen LogP contribution in [0.3, 0.4) is 0 Å². The molecule has 15 heavy (non-hydrogen) atoms. The van der Waals surface area contributed by atoms with Crippen molar-refractivity contribution in [3.05, 3.63) is 34.3 Å². The first-order valence-electron chi connectivity index (χ1n) is 5.07. The van der Waals surface area contributed by atoms with Gasteiger partial charge in [0.1, 0.15) is 0 Å². The minimum absolute atomic E-state index is 0.0244. The molecular weight excluding hydrogens is 254 g/mol. The Hall–Kier alpha value is -0.830. The maximum Gasteiger partial charge on any atom is 0.252 e. The number of rotatable bonds is 3. The zero-order valence-electron chi connectivity index (χ0n) is 9.25. The highest BCUT2D eigenvalue weighted by Crippen LogP contribution is 2.16. The molecule has 1 N–H and O–H groups in total. The Morgan fingerprint density at radius 3 is 2.40 bits per heavy atom. The molecule has 0 spiro atoms. The second kappa shape index (κ2) is 5.31. The van der Waals surface area contributed by atoms with E-state index in [0.717, 1.165) is 4.47 Å². The summed E-state index contributed by atoms with van der Waals surface area (Å²) in [6, 6.07) is 7.62. The molecule has 1 aromatic rings. The van der Waals surface area contributed by atoms with Gasteiger partial charge >= 0.3 is 0 Å². The van der Waals surface area contributed by atoms with Crippen LogP contribution in [0.15, 0.2) is 28.7 Å². The highest BCUT2D eigenvalue weighted by atomic mass is 79.9. The smallest absolute Gasteiger partial charge is 0.252 e. The number of carbonyl (C=O) groups is 1. The fraction of sp³-hybridized carbons (Fsp3) is 0.417. The molecule has 0 heterocycles. The van der Waals surface area contributed by atoms with Crippen LogP contribution in [0.4, 0.5) is 0 Å². The maximum atomic E-state index is 11.8. The highest BCUT2D eigenvalue weighted by Gasteiger charge is 2.13. The van der Waals surface area contributed by atoms with Gasteiger partial charge < -0.3 is 5.32 Å². The summed E-state index contributed by atoms with van der Waals surface area (Å²) in [5.41, 5.74) is 0.685. The SMILES string of the molecule is CC(C)[C@H](C)NC(=O)c1ccccc1Br. The summed E-state index contributed by atoms with van der Waals surface area (Å²) < 4.78 is 0.832. The lowest BCUT2D eigenvalue weighted by Crippen LogP contribution is -2.36. The van der Waals surface area contributed by atoms with E-state index in [9.17, 15) is 4.79 Å². The van der Waals surface area contributed by atoms with E-state index in [-0.39, 0.29) is 11.9 Å². The number of hydrogen-bond acceptors (Lipinski definition) is 1. The molecule has 1 amide bonds. The third-order valence-corrected chi connectivity index (χ3v) is 3.17. The van der Waals surface area contributed by atoms with Crippen molar-refractivity contribution in [2.75, 3.05) is 0 Å². The molecule has 82 valence electrons.